The summed E-state index contributed by atoms with van der Waals surface area (Å²) in [6.07, 6.45) is 0. The van der Waals surface area contributed by atoms with E-state index in [1.807, 2.05) is 11.5 Å². The van der Waals surface area contributed by atoms with Crippen molar-refractivity contribution in [2.45, 2.75) is 18.6 Å². The molecule has 4 rings (SSSR count). The van der Waals surface area contributed by atoms with E-state index in [9.17, 15) is 18.0 Å². The first-order valence-electron chi connectivity index (χ1n) is 9.35. The van der Waals surface area contributed by atoms with Crippen molar-refractivity contribution in [1.82, 2.24) is 25.0 Å². The Kier molecular flexibility index (Phi) is 6.51. The summed E-state index contributed by atoms with van der Waals surface area (Å²) in [4.78, 5) is 12.3. The minimum atomic E-state index is -0.986. The monoisotopic (exact) mass is 476 g/mol. The lowest BCUT2D eigenvalue weighted by Gasteiger charge is -2.07. The molecule has 0 bridgehead atoms. The van der Waals surface area contributed by atoms with Crippen LogP contribution in [0.15, 0.2) is 47.6 Å². The van der Waals surface area contributed by atoms with Crippen LogP contribution in [0, 0.1) is 17.5 Å². The zero-order valence-corrected chi connectivity index (χ0v) is 18.2. The maximum Gasteiger partial charge on any atom is 0.236 e. The molecule has 0 saturated heterocycles. The van der Waals surface area contributed by atoms with Crippen LogP contribution in [0.3, 0.4) is 0 Å². The Bertz CT molecular complexity index is 1260. The number of thioether (sulfide) groups is 1. The minimum Gasteiger partial charge on any atom is -0.302 e. The van der Waals surface area contributed by atoms with Crippen molar-refractivity contribution in [3.63, 3.8) is 0 Å². The second-order valence-corrected chi connectivity index (χ2v) is 8.36. The molecule has 2 heterocycles. The molecule has 2 aromatic heterocycles. The van der Waals surface area contributed by atoms with Crippen molar-refractivity contribution in [2.75, 3.05) is 11.1 Å². The van der Waals surface area contributed by atoms with Gasteiger partial charge in [0.25, 0.3) is 0 Å². The maximum atomic E-state index is 13.4. The smallest absolute Gasteiger partial charge is 0.236 e. The van der Waals surface area contributed by atoms with Gasteiger partial charge in [-0.2, -0.15) is 0 Å². The van der Waals surface area contributed by atoms with Gasteiger partial charge in [-0.05, 0) is 49.4 Å². The highest BCUT2D eigenvalue weighted by molar-refractivity contribution is 7.99. The van der Waals surface area contributed by atoms with E-state index in [1.165, 1.54) is 30.0 Å². The van der Waals surface area contributed by atoms with Gasteiger partial charge < -0.3 is 4.57 Å². The summed E-state index contributed by atoms with van der Waals surface area (Å²) < 4.78 is 41.5. The van der Waals surface area contributed by atoms with Gasteiger partial charge in [-0.1, -0.05) is 23.1 Å². The third-order valence-electron chi connectivity index (χ3n) is 4.31. The van der Waals surface area contributed by atoms with Crippen LogP contribution in [-0.4, -0.2) is 36.6 Å². The molecule has 32 heavy (non-hydrogen) atoms. The van der Waals surface area contributed by atoms with Crippen LogP contribution in [0.1, 0.15) is 6.92 Å². The summed E-state index contributed by atoms with van der Waals surface area (Å²) in [7, 11) is 0. The van der Waals surface area contributed by atoms with Crippen LogP contribution < -0.4 is 5.32 Å². The summed E-state index contributed by atoms with van der Waals surface area (Å²) >= 11 is 2.24. The number of carbonyl (C=O) groups excluding carboxylic acids is 1. The van der Waals surface area contributed by atoms with Gasteiger partial charge in [0.05, 0.1) is 5.75 Å². The molecule has 0 aliphatic heterocycles. The van der Waals surface area contributed by atoms with E-state index in [1.54, 1.807) is 12.1 Å². The molecule has 0 aliphatic carbocycles. The second-order valence-electron chi connectivity index (χ2n) is 6.44. The number of benzene rings is 2. The zero-order valence-electron chi connectivity index (χ0n) is 16.6. The molecular weight excluding hydrogens is 461 g/mol. The molecule has 4 aromatic rings. The number of carbonyl (C=O) groups is 1. The molecule has 0 saturated carbocycles. The Balaban J connectivity index is 1.40. The number of nitrogens with one attached hydrogen (secondary N) is 1. The van der Waals surface area contributed by atoms with Crippen LogP contribution in [0.2, 0.25) is 0 Å². The quantitative estimate of drug-likeness (QED) is 0.392. The molecule has 1 amide bonds. The Morgan fingerprint density at radius 1 is 1.00 bits per heavy atom. The van der Waals surface area contributed by atoms with E-state index in [2.05, 4.69) is 25.7 Å². The van der Waals surface area contributed by atoms with E-state index in [0.717, 1.165) is 29.0 Å². The predicted molar refractivity (Wildman–Crippen MR) is 116 cm³/mol. The number of halogens is 3. The van der Waals surface area contributed by atoms with E-state index in [4.69, 9.17) is 0 Å². The second kappa shape index (κ2) is 9.49. The summed E-state index contributed by atoms with van der Waals surface area (Å²) in [5.41, 5.74) is 1.08. The molecule has 2 aromatic carbocycles. The number of hydrogen-bond donors (Lipinski definition) is 1. The number of rotatable bonds is 7. The van der Waals surface area contributed by atoms with Gasteiger partial charge in [-0.25, -0.2) is 13.2 Å². The Morgan fingerprint density at radius 3 is 2.47 bits per heavy atom. The van der Waals surface area contributed by atoms with Gasteiger partial charge in [0.2, 0.25) is 11.0 Å². The molecule has 0 spiro atoms. The third kappa shape index (κ3) is 4.81. The summed E-state index contributed by atoms with van der Waals surface area (Å²) in [5, 5.41) is 19.8. The van der Waals surface area contributed by atoms with Crippen LogP contribution in [0.5, 0.6) is 0 Å². The Labute approximate surface area is 188 Å². The molecule has 0 unspecified atom stereocenters. The third-order valence-corrected chi connectivity index (χ3v) is 6.16. The number of aromatic nitrogens is 5. The topological polar surface area (TPSA) is 85.6 Å². The molecule has 12 heteroatoms. The average molecular weight is 477 g/mol. The van der Waals surface area contributed by atoms with Crippen molar-refractivity contribution in [1.29, 1.82) is 0 Å². The summed E-state index contributed by atoms with van der Waals surface area (Å²) in [6, 6.07) is 9.34. The molecule has 0 aliphatic rings. The van der Waals surface area contributed by atoms with Crippen LogP contribution in [0.25, 0.3) is 22.0 Å². The molecule has 0 fully saturated rings. The fourth-order valence-corrected chi connectivity index (χ4v) is 4.36. The molecule has 0 atom stereocenters. The fourth-order valence-electron chi connectivity index (χ4n) is 2.80. The SMILES string of the molecule is CCn1c(SCC(=O)Nc2nnc(-c3ccc(F)c(F)c3)s2)nnc1-c1ccc(F)cc1. The summed E-state index contributed by atoms with van der Waals surface area (Å²) in [6.45, 7) is 2.49. The van der Waals surface area contributed by atoms with E-state index in [0.29, 0.717) is 28.1 Å². The summed E-state index contributed by atoms with van der Waals surface area (Å²) in [5.74, 6) is -1.99. The lowest BCUT2D eigenvalue weighted by molar-refractivity contribution is -0.113. The highest BCUT2D eigenvalue weighted by Gasteiger charge is 2.16. The Morgan fingerprint density at radius 2 is 1.75 bits per heavy atom. The van der Waals surface area contributed by atoms with E-state index in [-0.39, 0.29) is 22.6 Å². The van der Waals surface area contributed by atoms with Crippen molar-refractivity contribution < 1.29 is 18.0 Å². The van der Waals surface area contributed by atoms with E-state index >= 15 is 0 Å². The van der Waals surface area contributed by atoms with Crippen molar-refractivity contribution in [2.24, 2.45) is 0 Å². The van der Waals surface area contributed by atoms with Gasteiger partial charge in [-0.15, -0.1) is 20.4 Å². The van der Waals surface area contributed by atoms with Crippen molar-refractivity contribution >= 4 is 34.1 Å². The molecule has 0 radical (unpaired) electrons. The maximum absolute atomic E-state index is 13.4. The predicted octanol–water partition coefficient (Wildman–Crippen LogP) is 4.63. The van der Waals surface area contributed by atoms with Gasteiger partial charge in [0.1, 0.15) is 10.8 Å². The fraction of sp³-hybridized carbons (Fsp3) is 0.150. The average Bonchev–Trinajstić information content (AvgIpc) is 3.41. The largest absolute Gasteiger partial charge is 0.302 e. The molecule has 164 valence electrons. The first-order valence-corrected chi connectivity index (χ1v) is 11.2. The lowest BCUT2D eigenvalue weighted by atomic mass is 10.2. The van der Waals surface area contributed by atoms with Gasteiger partial charge in [0.15, 0.2) is 22.6 Å². The number of nitrogens with zero attached hydrogens (tertiary/aromatic N) is 5. The number of amides is 1. The van der Waals surface area contributed by atoms with Gasteiger partial charge in [-0.3, -0.25) is 10.1 Å². The first kappa shape index (κ1) is 22.0. The highest BCUT2D eigenvalue weighted by atomic mass is 32.2. The van der Waals surface area contributed by atoms with Crippen molar-refractivity contribution in [3.8, 4) is 22.0 Å². The van der Waals surface area contributed by atoms with Crippen LogP contribution in [-0.2, 0) is 11.3 Å². The first-order chi connectivity index (χ1) is 15.4. The normalized spacial score (nSPS) is 11.0. The number of anilines is 1. The highest BCUT2D eigenvalue weighted by Crippen LogP contribution is 2.28. The lowest BCUT2D eigenvalue weighted by Crippen LogP contribution is -2.14. The minimum absolute atomic E-state index is 0.0433. The van der Waals surface area contributed by atoms with Gasteiger partial charge >= 0.3 is 0 Å². The van der Waals surface area contributed by atoms with Crippen LogP contribution in [0.4, 0.5) is 18.3 Å². The zero-order chi connectivity index (χ0) is 22.7. The number of hydrogen-bond acceptors (Lipinski definition) is 7. The van der Waals surface area contributed by atoms with Crippen LogP contribution >= 0.6 is 23.1 Å². The molecule has 7 nitrogen and oxygen atoms in total. The molecular formula is C20H15F3N6OS2. The van der Waals surface area contributed by atoms with Crippen molar-refractivity contribution in [3.05, 3.63) is 59.9 Å². The molecule has 1 N–H and O–H groups in total. The van der Waals surface area contributed by atoms with E-state index < -0.39 is 11.6 Å². The Hall–Kier alpha value is -3.25. The van der Waals surface area contributed by atoms with Gasteiger partial charge in [0, 0.05) is 17.7 Å². The standard InChI is InChI=1S/C20H15F3N6OS2/c1-2-29-17(11-3-6-13(21)7-4-11)25-28-20(29)31-10-16(30)24-19-27-26-18(32-19)12-5-8-14(22)15(23)9-12/h3-9H,2,10H2,1H3,(H,24,27,30).